The van der Waals surface area contributed by atoms with Crippen molar-refractivity contribution in [3.63, 3.8) is 0 Å². The highest BCUT2D eigenvalue weighted by molar-refractivity contribution is 5.40. The number of hydrogen-bond donors (Lipinski definition) is 1. The normalized spacial score (nSPS) is 17.6. The lowest BCUT2D eigenvalue weighted by Crippen LogP contribution is -2.18. The van der Waals surface area contributed by atoms with Crippen LogP contribution in [0.15, 0.2) is 30.4 Å². The summed E-state index contributed by atoms with van der Waals surface area (Å²) >= 11 is 0. The van der Waals surface area contributed by atoms with E-state index in [2.05, 4.69) is 37.0 Å². The lowest BCUT2D eigenvalue weighted by Gasteiger charge is -2.13. The third kappa shape index (κ3) is 3.14. The van der Waals surface area contributed by atoms with Crippen LogP contribution in [0.2, 0.25) is 0 Å². The molecule has 0 aliphatic heterocycles. The second-order valence-electron chi connectivity index (χ2n) is 5.07. The van der Waals surface area contributed by atoms with Gasteiger partial charge in [0.25, 0.3) is 0 Å². The molecule has 2 nitrogen and oxygen atoms in total. The fourth-order valence-electron chi connectivity index (χ4n) is 2.49. The molecule has 0 bridgehead atoms. The molecule has 1 aromatic rings. The fourth-order valence-corrected chi connectivity index (χ4v) is 2.49. The van der Waals surface area contributed by atoms with E-state index in [0.29, 0.717) is 6.04 Å². The Labute approximate surface area is 110 Å². The lowest BCUT2D eigenvalue weighted by molar-refractivity contribution is 0.321. The second-order valence-corrected chi connectivity index (χ2v) is 5.07. The van der Waals surface area contributed by atoms with Gasteiger partial charge in [-0.1, -0.05) is 18.6 Å². The molecule has 0 saturated heterocycles. The molecule has 0 aromatic heterocycles. The van der Waals surface area contributed by atoms with Gasteiger partial charge in [-0.15, -0.1) is 6.58 Å². The topological polar surface area (TPSA) is 21.3 Å². The summed E-state index contributed by atoms with van der Waals surface area (Å²) in [4.78, 5) is 0. The Morgan fingerprint density at radius 1 is 1.50 bits per heavy atom. The Hall–Kier alpha value is -1.28. The van der Waals surface area contributed by atoms with E-state index in [-0.39, 0.29) is 0 Å². The van der Waals surface area contributed by atoms with E-state index in [1.165, 1.54) is 23.1 Å². The molecular formula is C16H23NO. The van der Waals surface area contributed by atoms with Crippen molar-refractivity contribution in [2.24, 2.45) is 0 Å². The summed E-state index contributed by atoms with van der Waals surface area (Å²) in [6.07, 6.45) is 3.29. The van der Waals surface area contributed by atoms with Crippen molar-refractivity contribution in [1.82, 2.24) is 5.32 Å². The molecular weight excluding hydrogens is 222 g/mol. The SMILES string of the molecule is C=C(C)CCOc1ccc2c(c1)CCC2NCC. The highest BCUT2D eigenvalue weighted by atomic mass is 16.5. The van der Waals surface area contributed by atoms with Crippen LogP contribution >= 0.6 is 0 Å². The number of benzene rings is 1. The molecule has 1 unspecified atom stereocenters. The fraction of sp³-hybridized carbons (Fsp3) is 0.500. The maximum Gasteiger partial charge on any atom is 0.119 e. The van der Waals surface area contributed by atoms with Crippen molar-refractivity contribution in [3.8, 4) is 5.75 Å². The molecule has 0 fully saturated rings. The maximum atomic E-state index is 5.76. The smallest absolute Gasteiger partial charge is 0.119 e. The summed E-state index contributed by atoms with van der Waals surface area (Å²) in [6.45, 7) is 9.84. The third-order valence-corrected chi connectivity index (χ3v) is 3.44. The van der Waals surface area contributed by atoms with E-state index in [4.69, 9.17) is 4.74 Å². The van der Waals surface area contributed by atoms with Gasteiger partial charge in [-0.3, -0.25) is 0 Å². The minimum absolute atomic E-state index is 0.537. The van der Waals surface area contributed by atoms with E-state index >= 15 is 0 Å². The zero-order valence-electron chi connectivity index (χ0n) is 11.5. The number of fused-ring (bicyclic) bond motifs is 1. The molecule has 0 heterocycles. The van der Waals surface area contributed by atoms with Gasteiger partial charge in [0.1, 0.15) is 5.75 Å². The molecule has 1 aliphatic rings. The standard InChI is InChI=1S/C16H23NO/c1-4-17-16-8-5-13-11-14(6-7-15(13)16)18-10-9-12(2)3/h6-7,11,16-17H,2,4-5,8-10H2,1,3H3. The summed E-state index contributed by atoms with van der Waals surface area (Å²) < 4.78 is 5.76. The zero-order valence-corrected chi connectivity index (χ0v) is 11.5. The molecule has 2 heteroatoms. The third-order valence-electron chi connectivity index (χ3n) is 3.44. The first-order valence-electron chi connectivity index (χ1n) is 6.84. The molecule has 2 rings (SSSR count). The first kappa shape index (κ1) is 13.2. The Morgan fingerprint density at radius 2 is 2.33 bits per heavy atom. The minimum Gasteiger partial charge on any atom is -0.493 e. The molecule has 18 heavy (non-hydrogen) atoms. The molecule has 1 N–H and O–H groups in total. The summed E-state index contributed by atoms with van der Waals surface area (Å²) in [6, 6.07) is 7.04. The van der Waals surface area contributed by atoms with Crippen molar-refractivity contribution in [2.45, 2.75) is 39.2 Å². The van der Waals surface area contributed by atoms with Crippen LogP contribution < -0.4 is 10.1 Å². The van der Waals surface area contributed by atoms with Gasteiger partial charge in [-0.25, -0.2) is 0 Å². The Bertz CT molecular complexity index is 425. The van der Waals surface area contributed by atoms with Crippen molar-refractivity contribution < 1.29 is 4.74 Å². The number of rotatable bonds is 6. The van der Waals surface area contributed by atoms with Gasteiger partial charge in [0, 0.05) is 12.5 Å². The second kappa shape index (κ2) is 6.05. The maximum absolute atomic E-state index is 5.76. The molecule has 1 aliphatic carbocycles. The van der Waals surface area contributed by atoms with Crippen LogP contribution in [-0.2, 0) is 6.42 Å². The van der Waals surface area contributed by atoms with Gasteiger partial charge >= 0.3 is 0 Å². The molecule has 0 radical (unpaired) electrons. The number of nitrogens with one attached hydrogen (secondary N) is 1. The van der Waals surface area contributed by atoms with E-state index < -0.39 is 0 Å². The minimum atomic E-state index is 0.537. The highest BCUT2D eigenvalue weighted by Gasteiger charge is 2.21. The van der Waals surface area contributed by atoms with Crippen LogP contribution in [0, 0.1) is 0 Å². The molecule has 1 atom stereocenters. The van der Waals surface area contributed by atoms with E-state index in [0.717, 1.165) is 31.7 Å². The summed E-state index contributed by atoms with van der Waals surface area (Å²) in [5.74, 6) is 0.993. The molecule has 0 amide bonds. The summed E-state index contributed by atoms with van der Waals surface area (Å²) in [5, 5.41) is 3.53. The van der Waals surface area contributed by atoms with E-state index in [1.54, 1.807) is 0 Å². The quantitative estimate of drug-likeness (QED) is 0.773. The van der Waals surface area contributed by atoms with Gasteiger partial charge in [0.05, 0.1) is 6.61 Å². The first-order chi connectivity index (χ1) is 8.70. The Morgan fingerprint density at radius 3 is 3.06 bits per heavy atom. The highest BCUT2D eigenvalue weighted by Crippen LogP contribution is 2.33. The van der Waals surface area contributed by atoms with Gasteiger partial charge in [0.2, 0.25) is 0 Å². The lowest BCUT2D eigenvalue weighted by atomic mass is 10.1. The van der Waals surface area contributed by atoms with Crippen LogP contribution in [0.5, 0.6) is 5.75 Å². The number of aryl methyl sites for hydroxylation is 1. The van der Waals surface area contributed by atoms with Crippen molar-refractivity contribution in [1.29, 1.82) is 0 Å². The summed E-state index contributed by atoms with van der Waals surface area (Å²) in [5.41, 5.74) is 4.06. The van der Waals surface area contributed by atoms with Gasteiger partial charge in [-0.05, 0) is 49.6 Å². The number of ether oxygens (including phenoxy) is 1. The van der Waals surface area contributed by atoms with Crippen LogP contribution in [0.1, 0.15) is 43.9 Å². The molecule has 0 spiro atoms. The van der Waals surface area contributed by atoms with Gasteiger partial charge in [-0.2, -0.15) is 0 Å². The first-order valence-corrected chi connectivity index (χ1v) is 6.84. The van der Waals surface area contributed by atoms with Crippen LogP contribution in [-0.4, -0.2) is 13.2 Å². The van der Waals surface area contributed by atoms with Crippen molar-refractivity contribution in [3.05, 3.63) is 41.5 Å². The largest absolute Gasteiger partial charge is 0.493 e. The average Bonchev–Trinajstić information content (AvgIpc) is 2.72. The van der Waals surface area contributed by atoms with Gasteiger partial charge in [0.15, 0.2) is 0 Å². The zero-order chi connectivity index (χ0) is 13.0. The monoisotopic (exact) mass is 245 g/mol. The average molecular weight is 245 g/mol. The Balaban J connectivity index is 1.98. The molecule has 1 aromatic carbocycles. The van der Waals surface area contributed by atoms with Crippen molar-refractivity contribution >= 4 is 0 Å². The Kier molecular flexibility index (Phi) is 4.43. The molecule has 98 valence electrons. The van der Waals surface area contributed by atoms with Crippen LogP contribution in [0.25, 0.3) is 0 Å². The summed E-state index contributed by atoms with van der Waals surface area (Å²) in [7, 11) is 0. The number of hydrogen-bond acceptors (Lipinski definition) is 2. The molecule has 0 saturated carbocycles. The van der Waals surface area contributed by atoms with Gasteiger partial charge < -0.3 is 10.1 Å². The van der Waals surface area contributed by atoms with Crippen molar-refractivity contribution in [2.75, 3.05) is 13.2 Å². The predicted octanol–water partition coefficient (Wildman–Crippen LogP) is 3.63. The van der Waals surface area contributed by atoms with E-state index in [9.17, 15) is 0 Å². The van der Waals surface area contributed by atoms with E-state index in [1.807, 2.05) is 6.92 Å². The predicted molar refractivity (Wildman–Crippen MR) is 76.1 cm³/mol. The van der Waals surface area contributed by atoms with Crippen LogP contribution in [0.4, 0.5) is 0 Å². The van der Waals surface area contributed by atoms with Crippen LogP contribution in [0.3, 0.4) is 0 Å².